The topological polar surface area (TPSA) is 72.9 Å². The standard InChI is InChI=1S/C17H22ClN3O3/c1-20-7-6-17(24,11-20)10-19-16(23)12-8-15(22)21(9-12)14-4-2-13(18)3-5-14/h2-5,12,24H,6-11H2,1H3,(H,19,23)/t12-,17+/m1/s1. The second-order valence-electron chi connectivity index (χ2n) is 6.81. The summed E-state index contributed by atoms with van der Waals surface area (Å²) in [4.78, 5) is 28.2. The number of nitrogens with zero attached hydrogens (tertiary/aromatic N) is 2. The van der Waals surface area contributed by atoms with Crippen LogP contribution in [-0.4, -0.2) is 60.6 Å². The van der Waals surface area contributed by atoms with Gasteiger partial charge in [0.15, 0.2) is 0 Å². The fraction of sp³-hybridized carbons (Fsp3) is 0.529. The number of hydrogen-bond acceptors (Lipinski definition) is 4. The van der Waals surface area contributed by atoms with Crippen LogP contribution in [0.2, 0.25) is 5.02 Å². The highest BCUT2D eigenvalue weighted by Crippen LogP contribution is 2.26. The molecule has 0 unspecified atom stereocenters. The zero-order chi connectivity index (χ0) is 17.3. The third kappa shape index (κ3) is 3.71. The molecule has 2 N–H and O–H groups in total. The summed E-state index contributed by atoms with van der Waals surface area (Å²) in [6.45, 7) is 1.94. The molecule has 24 heavy (non-hydrogen) atoms. The van der Waals surface area contributed by atoms with Crippen molar-refractivity contribution in [2.75, 3.05) is 38.1 Å². The van der Waals surface area contributed by atoms with E-state index in [0.717, 1.165) is 12.2 Å². The number of amides is 2. The quantitative estimate of drug-likeness (QED) is 0.844. The van der Waals surface area contributed by atoms with Crippen LogP contribution < -0.4 is 10.2 Å². The Balaban J connectivity index is 1.57. The maximum atomic E-state index is 12.4. The molecule has 3 rings (SSSR count). The van der Waals surface area contributed by atoms with Crippen LogP contribution in [-0.2, 0) is 9.59 Å². The summed E-state index contributed by atoms with van der Waals surface area (Å²) in [5.74, 6) is -0.643. The van der Waals surface area contributed by atoms with Crippen molar-refractivity contribution in [2.24, 2.45) is 5.92 Å². The summed E-state index contributed by atoms with van der Waals surface area (Å²) in [6, 6.07) is 7.00. The average molecular weight is 352 g/mol. The largest absolute Gasteiger partial charge is 0.387 e. The van der Waals surface area contributed by atoms with Gasteiger partial charge in [-0.05, 0) is 37.7 Å². The molecule has 7 heteroatoms. The Morgan fingerprint density at radius 1 is 1.42 bits per heavy atom. The SMILES string of the molecule is CN1CC[C@](O)(CNC(=O)[C@@H]2CC(=O)N(c3ccc(Cl)cc3)C2)C1. The molecule has 2 atom stereocenters. The van der Waals surface area contributed by atoms with Gasteiger partial charge in [0.2, 0.25) is 11.8 Å². The molecule has 2 amide bonds. The van der Waals surface area contributed by atoms with E-state index in [-0.39, 0.29) is 24.8 Å². The number of rotatable bonds is 4. The molecule has 130 valence electrons. The first-order valence-corrected chi connectivity index (χ1v) is 8.49. The van der Waals surface area contributed by atoms with Crippen LogP contribution in [0.25, 0.3) is 0 Å². The number of aliphatic hydroxyl groups is 1. The van der Waals surface area contributed by atoms with Gasteiger partial charge in [0.25, 0.3) is 0 Å². The summed E-state index contributed by atoms with van der Waals surface area (Å²) < 4.78 is 0. The van der Waals surface area contributed by atoms with E-state index in [0.29, 0.717) is 24.5 Å². The lowest BCUT2D eigenvalue weighted by Gasteiger charge is -2.23. The van der Waals surface area contributed by atoms with Gasteiger partial charge in [0.05, 0.1) is 11.5 Å². The zero-order valence-corrected chi connectivity index (χ0v) is 14.4. The minimum Gasteiger partial charge on any atom is -0.387 e. The number of halogens is 1. The molecule has 0 saturated carbocycles. The lowest BCUT2D eigenvalue weighted by atomic mass is 10.0. The normalized spacial score (nSPS) is 27.7. The molecule has 0 aliphatic carbocycles. The predicted octanol–water partition coefficient (Wildman–Crippen LogP) is 0.876. The molecular weight excluding hydrogens is 330 g/mol. The number of carbonyl (C=O) groups excluding carboxylic acids is 2. The summed E-state index contributed by atoms with van der Waals surface area (Å²) in [6.07, 6.45) is 0.830. The van der Waals surface area contributed by atoms with E-state index in [1.807, 2.05) is 11.9 Å². The van der Waals surface area contributed by atoms with E-state index in [1.165, 1.54) is 0 Å². The molecule has 6 nitrogen and oxygen atoms in total. The van der Waals surface area contributed by atoms with E-state index in [9.17, 15) is 14.7 Å². The Morgan fingerprint density at radius 2 is 2.12 bits per heavy atom. The van der Waals surface area contributed by atoms with Crippen molar-refractivity contribution in [3.8, 4) is 0 Å². The maximum absolute atomic E-state index is 12.4. The Hall–Kier alpha value is -1.63. The third-order valence-corrected chi connectivity index (χ3v) is 5.00. The van der Waals surface area contributed by atoms with Crippen molar-refractivity contribution in [2.45, 2.75) is 18.4 Å². The molecule has 0 aromatic heterocycles. The average Bonchev–Trinajstić information content (AvgIpc) is 3.09. The van der Waals surface area contributed by atoms with Crippen molar-refractivity contribution in [3.05, 3.63) is 29.3 Å². The predicted molar refractivity (Wildman–Crippen MR) is 92.0 cm³/mol. The van der Waals surface area contributed by atoms with Crippen LogP contribution in [0.15, 0.2) is 24.3 Å². The van der Waals surface area contributed by atoms with Gasteiger partial charge >= 0.3 is 0 Å². The van der Waals surface area contributed by atoms with E-state index >= 15 is 0 Å². The van der Waals surface area contributed by atoms with Gasteiger partial charge < -0.3 is 20.2 Å². The molecule has 2 heterocycles. The van der Waals surface area contributed by atoms with Crippen molar-refractivity contribution in [3.63, 3.8) is 0 Å². The van der Waals surface area contributed by atoms with Crippen LogP contribution in [0.3, 0.4) is 0 Å². The molecule has 0 spiro atoms. The van der Waals surface area contributed by atoms with Crippen LogP contribution in [0, 0.1) is 5.92 Å². The second-order valence-corrected chi connectivity index (χ2v) is 7.25. The van der Waals surface area contributed by atoms with Gasteiger partial charge in [-0.15, -0.1) is 0 Å². The van der Waals surface area contributed by atoms with Gasteiger partial charge in [-0.25, -0.2) is 0 Å². The monoisotopic (exact) mass is 351 g/mol. The highest BCUT2D eigenvalue weighted by molar-refractivity contribution is 6.30. The van der Waals surface area contributed by atoms with E-state index in [4.69, 9.17) is 11.6 Å². The van der Waals surface area contributed by atoms with Crippen molar-refractivity contribution >= 4 is 29.1 Å². The maximum Gasteiger partial charge on any atom is 0.227 e. The van der Waals surface area contributed by atoms with E-state index < -0.39 is 11.5 Å². The number of carbonyl (C=O) groups is 2. The lowest BCUT2D eigenvalue weighted by molar-refractivity contribution is -0.127. The number of likely N-dealkylation sites (tertiary alicyclic amines) is 1. The molecule has 2 aliphatic heterocycles. The number of β-amino-alcohol motifs (C(OH)–C–C–N with tert-alkyl or cyclic N) is 1. The van der Waals surface area contributed by atoms with Gasteiger partial charge in [-0.3, -0.25) is 9.59 Å². The smallest absolute Gasteiger partial charge is 0.227 e. The van der Waals surface area contributed by atoms with Crippen molar-refractivity contribution < 1.29 is 14.7 Å². The molecule has 0 radical (unpaired) electrons. The first-order chi connectivity index (χ1) is 11.4. The number of anilines is 1. The molecule has 1 aromatic carbocycles. The van der Waals surface area contributed by atoms with E-state index in [1.54, 1.807) is 29.2 Å². The molecular formula is C17H22ClN3O3. The Kier molecular flexibility index (Phi) is 4.80. The Labute approximate surface area is 146 Å². The number of benzene rings is 1. The van der Waals surface area contributed by atoms with Crippen LogP contribution >= 0.6 is 11.6 Å². The van der Waals surface area contributed by atoms with E-state index in [2.05, 4.69) is 5.32 Å². The summed E-state index contributed by atoms with van der Waals surface area (Å²) in [5.41, 5.74) is -0.126. The highest BCUT2D eigenvalue weighted by Gasteiger charge is 2.38. The van der Waals surface area contributed by atoms with Gasteiger partial charge in [0.1, 0.15) is 0 Å². The Morgan fingerprint density at radius 3 is 2.75 bits per heavy atom. The molecule has 1 aromatic rings. The first-order valence-electron chi connectivity index (χ1n) is 8.11. The molecule has 2 fully saturated rings. The molecule has 0 bridgehead atoms. The minimum absolute atomic E-state index is 0.0724. The summed E-state index contributed by atoms with van der Waals surface area (Å²) in [7, 11) is 1.94. The van der Waals surface area contributed by atoms with Crippen LogP contribution in [0.1, 0.15) is 12.8 Å². The van der Waals surface area contributed by atoms with Crippen molar-refractivity contribution in [1.29, 1.82) is 0 Å². The van der Waals surface area contributed by atoms with Gasteiger partial charge in [-0.2, -0.15) is 0 Å². The van der Waals surface area contributed by atoms with Crippen LogP contribution in [0.5, 0.6) is 0 Å². The molecule has 2 aliphatic rings. The fourth-order valence-electron chi connectivity index (χ4n) is 3.35. The fourth-order valence-corrected chi connectivity index (χ4v) is 3.48. The Bertz CT molecular complexity index is 636. The van der Waals surface area contributed by atoms with Crippen molar-refractivity contribution in [1.82, 2.24) is 10.2 Å². The van der Waals surface area contributed by atoms with Gasteiger partial charge in [-0.1, -0.05) is 11.6 Å². The number of hydrogen-bond donors (Lipinski definition) is 2. The molecule has 2 saturated heterocycles. The number of nitrogens with one attached hydrogen (secondary N) is 1. The summed E-state index contributed by atoms with van der Waals surface area (Å²) >= 11 is 5.87. The first kappa shape index (κ1) is 17.2. The highest BCUT2D eigenvalue weighted by atomic mass is 35.5. The van der Waals surface area contributed by atoms with Crippen LogP contribution in [0.4, 0.5) is 5.69 Å². The second kappa shape index (κ2) is 6.70. The summed E-state index contributed by atoms with van der Waals surface area (Å²) in [5, 5.41) is 13.8. The van der Waals surface area contributed by atoms with Gasteiger partial charge in [0, 0.05) is 43.3 Å². The third-order valence-electron chi connectivity index (χ3n) is 4.75. The minimum atomic E-state index is -0.872. The lowest BCUT2D eigenvalue weighted by Crippen LogP contribution is -2.46. The zero-order valence-electron chi connectivity index (χ0n) is 13.7. The number of likely N-dealkylation sites (N-methyl/N-ethyl adjacent to an activating group) is 1.